The van der Waals surface area contributed by atoms with E-state index in [0.717, 1.165) is 41.8 Å². The maximum Gasteiger partial charge on any atom is 0.229 e. The zero-order valence-electron chi connectivity index (χ0n) is 16.2. The summed E-state index contributed by atoms with van der Waals surface area (Å²) >= 11 is 0. The Hall–Kier alpha value is -2.63. The molecule has 0 radical (unpaired) electrons. The van der Waals surface area contributed by atoms with Gasteiger partial charge in [0.1, 0.15) is 5.82 Å². The van der Waals surface area contributed by atoms with E-state index in [1.54, 1.807) is 0 Å². The Morgan fingerprint density at radius 2 is 1.81 bits per heavy atom. The van der Waals surface area contributed by atoms with E-state index in [1.165, 1.54) is 25.7 Å². The molecule has 6 nitrogen and oxygen atoms in total. The molecule has 0 atom stereocenters. The van der Waals surface area contributed by atoms with Crippen LogP contribution in [0.4, 0.5) is 23.1 Å². The molecule has 27 heavy (non-hydrogen) atoms. The van der Waals surface area contributed by atoms with Gasteiger partial charge in [-0.25, -0.2) is 4.98 Å². The second-order valence-corrected chi connectivity index (χ2v) is 7.19. The fraction of sp³-hybridized carbons (Fsp3) is 0.476. The molecular weight excluding hydrogens is 338 g/mol. The van der Waals surface area contributed by atoms with E-state index in [9.17, 15) is 4.79 Å². The fourth-order valence-corrected chi connectivity index (χ4v) is 3.52. The van der Waals surface area contributed by atoms with Gasteiger partial charge in [0.2, 0.25) is 11.9 Å². The predicted octanol–water partition coefficient (Wildman–Crippen LogP) is 4.87. The molecule has 1 aliphatic rings. The van der Waals surface area contributed by atoms with Crippen LogP contribution in [0.3, 0.4) is 0 Å². The Labute approximate surface area is 161 Å². The molecule has 1 aliphatic carbocycles. The zero-order valence-corrected chi connectivity index (χ0v) is 16.2. The van der Waals surface area contributed by atoms with E-state index in [2.05, 4.69) is 25.9 Å². The van der Waals surface area contributed by atoms with Crippen molar-refractivity contribution in [2.24, 2.45) is 5.92 Å². The van der Waals surface area contributed by atoms with E-state index < -0.39 is 0 Å². The molecule has 0 unspecified atom stereocenters. The minimum Gasteiger partial charge on any atom is -0.370 e. The van der Waals surface area contributed by atoms with E-state index in [0.29, 0.717) is 12.4 Å². The molecule has 3 N–H and O–H groups in total. The van der Waals surface area contributed by atoms with Gasteiger partial charge in [-0.05, 0) is 50.5 Å². The lowest BCUT2D eigenvalue weighted by Crippen LogP contribution is -2.12. The van der Waals surface area contributed by atoms with Gasteiger partial charge in [0.25, 0.3) is 0 Å². The number of anilines is 4. The third-order valence-electron chi connectivity index (χ3n) is 4.89. The van der Waals surface area contributed by atoms with Crippen LogP contribution in [0.1, 0.15) is 51.1 Å². The van der Waals surface area contributed by atoms with Gasteiger partial charge in [-0.2, -0.15) is 4.98 Å². The van der Waals surface area contributed by atoms with Gasteiger partial charge in [0.05, 0.1) is 0 Å². The topological polar surface area (TPSA) is 78.9 Å². The van der Waals surface area contributed by atoms with Crippen molar-refractivity contribution in [3.8, 4) is 0 Å². The Balaban J connectivity index is 1.53. The second-order valence-electron chi connectivity index (χ2n) is 7.19. The summed E-state index contributed by atoms with van der Waals surface area (Å²) in [5.41, 5.74) is 2.59. The van der Waals surface area contributed by atoms with Crippen molar-refractivity contribution in [3.05, 3.63) is 36.0 Å². The van der Waals surface area contributed by atoms with E-state index >= 15 is 0 Å². The number of nitrogens with zero attached hydrogens (tertiary/aromatic N) is 2. The van der Waals surface area contributed by atoms with Crippen molar-refractivity contribution in [1.29, 1.82) is 0 Å². The number of aryl methyl sites for hydroxylation is 1. The lowest BCUT2D eigenvalue weighted by atomic mass is 10.0. The molecule has 1 saturated carbocycles. The number of aromatic nitrogens is 2. The minimum atomic E-state index is 0.0971. The molecule has 1 aromatic heterocycles. The van der Waals surface area contributed by atoms with Gasteiger partial charge >= 0.3 is 0 Å². The first-order valence-corrected chi connectivity index (χ1v) is 9.89. The van der Waals surface area contributed by atoms with Crippen LogP contribution in [0.25, 0.3) is 0 Å². The van der Waals surface area contributed by atoms with E-state index in [4.69, 9.17) is 0 Å². The molecule has 6 heteroatoms. The van der Waals surface area contributed by atoms with Gasteiger partial charge in [-0.15, -0.1) is 0 Å². The highest BCUT2D eigenvalue weighted by atomic mass is 16.1. The molecule has 3 rings (SSSR count). The summed E-state index contributed by atoms with van der Waals surface area (Å²) in [5, 5.41) is 9.39. The summed E-state index contributed by atoms with van der Waals surface area (Å²) in [6, 6.07) is 9.56. The van der Waals surface area contributed by atoms with Crippen molar-refractivity contribution in [3.63, 3.8) is 0 Å². The van der Waals surface area contributed by atoms with Crippen LogP contribution in [0, 0.1) is 12.8 Å². The normalized spacial score (nSPS) is 14.1. The maximum atomic E-state index is 12.1. The fourth-order valence-electron chi connectivity index (χ4n) is 3.52. The first-order valence-electron chi connectivity index (χ1n) is 9.89. The summed E-state index contributed by atoms with van der Waals surface area (Å²) in [7, 11) is 0. The van der Waals surface area contributed by atoms with Gasteiger partial charge in [0, 0.05) is 36.1 Å². The largest absolute Gasteiger partial charge is 0.370 e. The molecular formula is C21H29N5O. The highest BCUT2D eigenvalue weighted by molar-refractivity contribution is 5.90. The van der Waals surface area contributed by atoms with Crippen LogP contribution in [0.15, 0.2) is 30.3 Å². The summed E-state index contributed by atoms with van der Waals surface area (Å²) in [6.07, 6.45) is 6.82. The third kappa shape index (κ3) is 5.94. The van der Waals surface area contributed by atoms with Crippen molar-refractivity contribution >= 4 is 29.0 Å². The Bertz CT molecular complexity index is 754. The number of amides is 1. The number of hydrogen-bond donors (Lipinski definition) is 3. The SMILES string of the molecule is CCNc1cc(C)nc(Nc2ccc(NC(=O)CCC3CCCC3)cc2)n1. The van der Waals surface area contributed by atoms with Crippen LogP contribution >= 0.6 is 0 Å². The van der Waals surface area contributed by atoms with Crippen LogP contribution in [-0.2, 0) is 4.79 Å². The highest BCUT2D eigenvalue weighted by Gasteiger charge is 2.16. The Morgan fingerprint density at radius 3 is 2.52 bits per heavy atom. The van der Waals surface area contributed by atoms with Gasteiger partial charge in [0.15, 0.2) is 0 Å². The lowest BCUT2D eigenvalue weighted by Gasteiger charge is -2.11. The maximum absolute atomic E-state index is 12.1. The summed E-state index contributed by atoms with van der Waals surface area (Å²) in [4.78, 5) is 21.0. The van der Waals surface area contributed by atoms with Crippen molar-refractivity contribution in [2.75, 3.05) is 22.5 Å². The molecule has 0 bridgehead atoms. The minimum absolute atomic E-state index is 0.0971. The molecule has 1 amide bonds. The van der Waals surface area contributed by atoms with E-state index in [-0.39, 0.29) is 5.91 Å². The molecule has 0 spiro atoms. The molecule has 1 aromatic carbocycles. The molecule has 0 saturated heterocycles. The van der Waals surface area contributed by atoms with Crippen LogP contribution < -0.4 is 16.0 Å². The lowest BCUT2D eigenvalue weighted by molar-refractivity contribution is -0.116. The smallest absolute Gasteiger partial charge is 0.229 e. The average molecular weight is 367 g/mol. The second kappa shape index (κ2) is 9.35. The molecule has 1 heterocycles. The third-order valence-corrected chi connectivity index (χ3v) is 4.89. The zero-order chi connectivity index (χ0) is 19.1. The van der Waals surface area contributed by atoms with Gasteiger partial charge in [-0.1, -0.05) is 25.7 Å². The van der Waals surface area contributed by atoms with Crippen LogP contribution in [-0.4, -0.2) is 22.4 Å². The Kier molecular flexibility index (Phi) is 6.63. The first kappa shape index (κ1) is 19.1. The predicted molar refractivity (Wildman–Crippen MR) is 110 cm³/mol. The van der Waals surface area contributed by atoms with Crippen molar-refractivity contribution < 1.29 is 4.79 Å². The van der Waals surface area contributed by atoms with Crippen molar-refractivity contribution in [1.82, 2.24) is 9.97 Å². The molecule has 0 aliphatic heterocycles. The van der Waals surface area contributed by atoms with Gasteiger partial charge < -0.3 is 16.0 Å². The quantitative estimate of drug-likeness (QED) is 0.620. The highest BCUT2D eigenvalue weighted by Crippen LogP contribution is 2.28. The summed E-state index contributed by atoms with van der Waals surface area (Å²) in [5.74, 6) is 2.20. The van der Waals surface area contributed by atoms with Crippen molar-refractivity contribution in [2.45, 2.75) is 52.4 Å². The molecule has 144 valence electrons. The standard InChI is InChI=1S/C21H29N5O/c1-3-22-19-14-15(2)23-21(26-19)25-18-11-9-17(10-12-18)24-20(27)13-8-16-6-4-5-7-16/h9-12,14,16H,3-8,13H2,1-2H3,(H,24,27)(H2,22,23,25,26). The number of carbonyl (C=O) groups excluding carboxylic acids is 1. The number of carbonyl (C=O) groups is 1. The molecule has 2 aromatic rings. The monoisotopic (exact) mass is 367 g/mol. The Morgan fingerprint density at radius 1 is 1.11 bits per heavy atom. The van der Waals surface area contributed by atoms with Gasteiger partial charge in [-0.3, -0.25) is 4.79 Å². The van der Waals surface area contributed by atoms with E-state index in [1.807, 2.05) is 44.2 Å². The van der Waals surface area contributed by atoms with Crippen LogP contribution in [0.2, 0.25) is 0 Å². The first-order chi connectivity index (χ1) is 13.1. The number of hydrogen-bond acceptors (Lipinski definition) is 5. The summed E-state index contributed by atoms with van der Waals surface area (Å²) < 4.78 is 0. The average Bonchev–Trinajstić information content (AvgIpc) is 3.15. The number of benzene rings is 1. The number of nitrogens with one attached hydrogen (secondary N) is 3. The molecule has 1 fully saturated rings. The summed E-state index contributed by atoms with van der Waals surface area (Å²) in [6.45, 7) is 4.79. The van der Waals surface area contributed by atoms with Crippen LogP contribution in [0.5, 0.6) is 0 Å². The number of rotatable bonds is 8.